The number of hydrogen-bond donors (Lipinski definition) is 0. The monoisotopic (exact) mass is 303 g/mol. The summed E-state index contributed by atoms with van der Waals surface area (Å²) in [5.74, 6) is 0.907. The molecule has 2 heterocycles. The van der Waals surface area contributed by atoms with Gasteiger partial charge < -0.3 is 9.80 Å². The molecule has 0 N–H and O–H groups in total. The van der Waals surface area contributed by atoms with Crippen molar-refractivity contribution in [3.05, 3.63) is 53.2 Å². The highest BCUT2D eigenvalue weighted by atomic mass is 35.5. The summed E-state index contributed by atoms with van der Waals surface area (Å²) in [6.45, 7) is 3.69. The van der Waals surface area contributed by atoms with Crippen molar-refractivity contribution in [3.8, 4) is 0 Å². The molecule has 2 aromatic rings. The average Bonchev–Trinajstić information content (AvgIpc) is 2.49. The highest BCUT2D eigenvalue weighted by Gasteiger charge is 2.27. The van der Waals surface area contributed by atoms with Crippen LogP contribution in [0.5, 0.6) is 0 Å². The van der Waals surface area contributed by atoms with E-state index >= 15 is 0 Å². The molecule has 1 aromatic carbocycles. The first kappa shape index (κ1) is 13.3. The molecule has 0 aliphatic carbocycles. The molecule has 0 atom stereocenters. The molecule has 20 heavy (non-hydrogen) atoms. The van der Waals surface area contributed by atoms with Gasteiger partial charge in [-0.25, -0.2) is 4.98 Å². The minimum Gasteiger partial charge on any atom is -0.344 e. The van der Waals surface area contributed by atoms with Gasteiger partial charge in [-0.3, -0.25) is 0 Å². The fourth-order valence-electron chi connectivity index (χ4n) is 2.32. The van der Waals surface area contributed by atoms with E-state index in [2.05, 4.69) is 21.7 Å². The fourth-order valence-corrected chi connectivity index (χ4v) is 2.79. The molecule has 0 saturated heterocycles. The lowest BCUT2D eigenvalue weighted by molar-refractivity contribution is 0.448. The summed E-state index contributed by atoms with van der Waals surface area (Å²) < 4.78 is 0. The SMILES string of the molecule is CCN1CN(c2ccc(Cl)cc2)c2ncccc2C1=S. The van der Waals surface area contributed by atoms with Crippen LogP contribution in [-0.4, -0.2) is 28.1 Å². The summed E-state index contributed by atoms with van der Waals surface area (Å²) in [6, 6.07) is 11.7. The van der Waals surface area contributed by atoms with Gasteiger partial charge >= 0.3 is 0 Å². The molecule has 0 amide bonds. The van der Waals surface area contributed by atoms with Crippen LogP contribution in [-0.2, 0) is 0 Å². The Kier molecular flexibility index (Phi) is 3.59. The van der Waals surface area contributed by atoms with Crippen LogP contribution in [0.2, 0.25) is 5.02 Å². The topological polar surface area (TPSA) is 19.4 Å². The van der Waals surface area contributed by atoms with Crippen LogP contribution in [0, 0.1) is 0 Å². The van der Waals surface area contributed by atoms with E-state index in [-0.39, 0.29) is 0 Å². The Balaban J connectivity index is 2.09. The zero-order valence-corrected chi connectivity index (χ0v) is 12.7. The molecule has 5 heteroatoms. The van der Waals surface area contributed by atoms with Crippen LogP contribution in [0.3, 0.4) is 0 Å². The third-order valence-electron chi connectivity index (χ3n) is 3.39. The zero-order chi connectivity index (χ0) is 14.1. The second kappa shape index (κ2) is 5.38. The fraction of sp³-hybridized carbons (Fsp3) is 0.200. The maximum absolute atomic E-state index is 5.96. The number of rotatable bonds is 2. The van der Waals surface area contributed by atoms with Gasteiger partial charge in [0.15, 0.2) is 0 Å². The van der Waals surface area contributed by atoms with Crippen LogP contribution in [0.25, 0.3) is 0 Å². The van der Waals surface area contributed by atoms with Gasteiger partial charge in [-0.1, -0.05) is 23.8 Å². The van der Waals surface area contributed by atoms with E-state index < -0.39 is 0 Å². The zero-order valence-electron chi connectivity index (χ0n) is 11.1. The number of hydrogen-bond acceptors (Lipinski definition) is 3. The molecule has 0 unspecified atom stereocenters. The van der Waals surface area contributed by atoms with Crippen LogP contribution in [0.1, 0.15) is 12.5 Å². The minimum absolute atomic E-state index is 0.709. The van der Waals surface area contributed by atoms with Crippen LogP contribution < -0.4 is 4.90 Å². The third kappa shape index (κ3) is 2.25. The van der Waals surface area contributed by atoms with Gasteiger partial charge in [0.25, 0.3) is 0 Å². The molecule has 3 nitrogen and oxygen atoms in total. The lowest BCUT2D eigenvalue weighted by Gasteiger charge is -2.38. The summed E-state index contributed by atoms with van der Waals surface area (Å²) in [5.41, 5.74) is 2.07. The highest BCUT2D eigenvalue weighted by Crippen LogP contribution is 2.32. The molecule has 0 spiro atoms. The standard InChI is InChI=1S/C15H14ClN3S/c1-2-18-10-19(12-7-5-11(16)6-8-12)14-13(15(18)20)4-3-9-17-14/h3-9H,2,10H2,1H3. The number of nitrogens with zero attached hydrogens (tertiary/aromatic N) is 3. The lowest BCUT2D eigenvalue weighted by atomic mass is 10.1. The van der Waals surface area contributed by atoms with Gasteiger partial charge in [0, 0.05) is 23.5 Å². The first-order valence-electron chi connectivity index (χ1n) is 6.48. The van der Waals surface area contributed by atoms with Gasteiger partial charge in [-0.2, -0.15) is 0 Å². The number of halogens is 1. The molecule has 3 rings (SSSR count). The summed E-state index contributed by atoms with van der Waals surface area (Å²) in [4.78, 5) is 9.68. The second-order valence-corrected chi connectivity index (χ2v) is 5.40. The molecule has 1 aliphatic rings. The Bertz CT molecular complexity index is 642. The molecule has 1 aromatic heterocycles. The number of benzene rings is 1. The Labute approximate surface area is 128 Å². The Morgan fingerprint density at radius 3 is 2.70 bits per heavy atom. The Hall–Kier alpha value is -1.65. The maximum Gasteiger partial charge on any atom is 0.144 e. The van der Waals surface area contributed by atoms with Crippen molar-refractivity contribution in [2.45, 2.75) is 6.92 Å². The van der Waals surface area contributed by atoms with Gasteiger partial charge in [-0.15, -0.1) is 0 Å². The summed E-state index contributed by atoms with van der Waals surface area (Å²) >= 11 is 11.5. The first-order valence-corrected chi connectivity index (χ1v) is 7.26. The first-order chi connectivity index (χ1) is 9.70. The van der Waals surface area contributed by atoms with Crippen molar-refractivity contribution in [2.24, 2.45) is 0 Å². The smallest absolute Gasteiger partial charge is 0.144 e. The third-order valence-corrected chi connectivity index (χ3v) is 4.12. The Morgan fingerprint density at radius 1 is 1.25 bits per heavy atom. The molecule has 1 aliphatic heterocycles. The number of thiocarbonyl (C=S) groups is 1. The van der Waals surface area contributed by atoms with E-state index in [4.69, 9.17) is 23.8 Å². The normalized spacial score (nSPS) is 14.4. The summed E-state index contributed by atoms with van der Waals surface area (Å²) in [6.07, 6.45) is 1.80. The van der Waals surface area contributed by atoms with Crippen molar-refractivity contribution >= 4 is 40.3 Å². The molecule has 102 valence electrons. The van der Waals surface area contributed by atoms with E-state index in [1.807, 2.05) is 36.4 Å². The Morgan fingerprint density at radius 2 is 2.00 bits per heavy atom. The quantitative estimate of drug-likeness (QED) is 0.785. The lowest BCUT2D eigenvalue weighted by Crippen LogP contribution is -2.44. The van der Waals surface area contributed by atoms with Crippen molar-refractivity contribution in [1.82, 2.24) is 9.88 Å². The van der Waals surface area contributed by atoms with Crippen LogP contribution in [0.4, 0.5) is 11.5 Å². The predicted molar refractivity (Wildman–Crippen MR) is 86.8 cm³/mol. The molecule has 0 bridgehead atoms. The number of fused-ring (bicyclic) bond motifs is 1. The molecule has 0 radical (unpaired) electrons. The van der Waals surface area contributed by atoms with Crippen molar-refractivity contribution in [3.63, 3.8) is 0 Å². The predicted octanol–water partition coefficient (Wildman–Crippen LogP) is 3.84. The summed E-state index contributed by atoms with van der Waals surface area (Å²) in [7, 11) is 0. The van der Waals surface area contributed by atoms with E-state index in [1.165, 1.54) is 0 Å². The molecular weight excluding hydrogens is 290 g/mol. The molecule has 0 fully saturated rings. The number of aromatic nitrogens is 1. The van der Waals surface area contributed by atoms with E-state index in [1.54, 1.807) is 6.20 Å². The van der Waals surface area contributed by atoms with Crippen molar-refractivity contribution in [2.75, 3.05) is 18.1 Å². The summed E-state index contributed by atoms with van der Waals surface area (Å²) in [5, 5.41) is 0.731. The highest BCUT2D eigenvalue weighted by molar-refractivity contribution is 7.80. The van der Waals surface area contributed by atoms with Gasteiger partial charge in [0.1, 0.15) is 10.8 Å². The minimum atomic E-state index is 0.709. The van der Waals surface area contributed by atoms with Gasteiger partial charge in [0.2, 0.25) is 0 Å². The van der Waals surface area contributed by atoms with Crippen LogP contribution >= 0.6 is 23.8 Å². The van der Waals surface area contributed by atoms with Crippen molar-refractivity contribution < 1.29 is 0 Å². The molecular formula is C15H14ClN3S. The number of pyridine rings is 1. The maximum atomic E-state index is 5.96. The average molecular weight is 304 g/mol. The largest absolute Gasteiger partial charge is 0.344 e. The van der Waals surface area contributed by atoms with Gasteiger partial charge in [-0.05, 0) is 43.3 Å². The second-order valence-electron chi connectivity index (χ2n) is 4.58. The molecule has 0 saturated carbocycles. The van der Waals surface area contributed by atoms with E-state index in [0.717, 1.165) is 33.6 Å². The van der Waals surface area contributed by atoms with E-state index in [0.29, 0.717) is 6.67 Å². The van der Waals surface area contributed by atoms with E-state index in [9.17, 15) is 0 Å². The van der Waals surface area contributed by atoms with Crippen LogP contribution in [0.15, 0.2) is 42.6 Å². The van der Waals surface area contributed by atoms with Crippen molar-refractivity contribution in [1.29, 1.82) is 0 Å². The number of anilines is 2. The van der Waals surface area contributed by atoms with Gasteiger partial charge in [0.05, 0.1) is 12.2 Å².